The minimum absolute atomic E-state index is 0.153. The van der Waals surface area contributed by atoms with Gasteiger partial charge in [-0.1, -0.05) is 38.8 Å². The van der Waals surface area contributed by atoms with Crippen LogP contribution in [0.15, 0.2) is 12.2 Å². The average molecular weight is 224 g/mol. The van der Waals surface area contributed by atoms with Crippen molar-refractivity contribution in [2.24, 2.45) is 17.1 Å². The third kappa shape index (κ3) is 3.63. The number of carbonyl (C=O) groups excluding carboxylic acids is 1. The van der Waals surface area contributed by atoms with Crippen LogP contribution in [0.1, 0.15) is 39.5 Å². The molecule has 0 heterocycles. The fourth-order valence-electron chi connectivity index (χ4n) is 2.44. The molecule has 0 aromatic carbocycles. The van der Waals surface area contributed by atoms with E-state index in [1.807, 2.05) is 12.2 Å². The molecule has 92 valence electrons. The van der Waals surface area contributed by atoms with Gasteiger partial charge in [0.05, 0.1) is 0 Å². The fraction of sp³-hybridized carbons (Fsp3) is 0.769. The van der Waals surface area contributed by atoms with E-state index in [0.29, 0.717) is 13.1 Å². The molecule has 0 aromatic heterocycles. The normalized spacial score (nSPS) is 24.6. The van der Waals surface area contributed by atoms with E-state index in [2.05, 4.69) is 19.2 Å². The average Bonchev–Trinajstić information content (AvgIpc) is 2.23. The zero-order chi connectivity index (χ0) is 12.0. The molecule has 1 saturated carbocycles. The van der Waals surface area contributed by atoms with Crippen LogP contribution in [0, 0.1) is 11.3 Å². The van der Waals surface area contributed by atoms with Gasteiger partial charge < -0.3 is 11.1 Å². The van der Waals surface area contributed by atoms with E-state index in [4.69, 9.17) is 5.73 Å². The summed E-state index contributed by atoms with van der Waals surface area (Å²) >= 11 is 0. The molecule has 3 nitrogen and oxygen atoms in total. The molecule has 1 rings (SSSR count). The highest BCUT2D eigenvalue weighted by molar-refractivity contribution is 5.79. The SMILES string of the molecule is CC1(C)CCCCC1C(=O)NC/C=C/CN. The van der Waals surface area contributed by atoms with Crippen LogP contribution in [0.5, 0.6) is 0 Å². The lowest BCUT2D eigenvalue weighted by atomic mass is 9.68. The van der Waals surface area contributed by atoms with Gasteiger partial charge in [-0.25, -0.2) is 0 Å². The first-order valence-electron chi connectivity index (χ1n) is 6.20. The topological polar surface area (TPSA) is 55.1 Å². The van der Waals surface area contributed by atoms with Crippen molar-refractivity contribution >= 4 is 5.91 Å². The lowest BCUT2D eigenvalue weighted by molar-refractivity contribution is -0.129. The van der Waals surface area contributed by atoms with E-state index in [1.165, 1.54) is 12.8 Å². The van der Waals surface area contributed by atoms with Gasteiger partial charge in [0, 0.05) is 19.0 Å². The summed E-state index contributed by atoms with van der Waals surface area (Å²) < 4.78 is 0. The van der Waals surface area contributed by atoms with Crippen LogP contribution in [0.3, 0.4) is 0 Å². The molecule has 1 amide bonds. The number of amides is 1. The molecule has 1 unspecified atom stereocenters. The van der Waals surface area contributed by atoms with Crippen molar-refractivity contribution in [3.63, 3.8) is 0 Å². The summed E-state index contributed by atoms with van der Waals surface area (Å²) in [6.07, 6.45) is 8.40. The van der Waals surface area contributed by atoms with Crippen molar-refractivity contribution in [2.45, 2.75) is 39.5 Å². The van der Waals surface area contributed by atoms with E-state index in [-0.39, 0.29) is 17.2 Å². The number of carbonyl (C=O) groups is 1. The second kappa shape index (κ2) is 6.04. The van der Waals surface area contributed by atoms with Crippen LogP contribution in [-0.4, -0.2) is 19.0 Å². The first-order chi connectivity index (χ1) is 7.58. The molecule has 3 heteroatoms. The molecule has 16 heavy (non-hydrogen) atoms. The standard InChI is InChI=1S/C13H24N2O/c1-13(2)8-4-3-7-11(13)12(16)15-10-6-5-9-14/h5-6,11H,3-4,7-10,14H2,1-2H3,(H,15,16)/b6-5+. The number of hydrogen-bond acceptors (Lipinski definition) is 2. The van der Waals surface area contributed by atoms with Gasteiger partial charge in [0.15, 0.2) is 0 Å². The molecule has 1 aliphatic carbocycles. The monoisotopic (exact) mass is 224 g/mol. The zero-order valence-corrected chi connectivity index (χ0v) is 10.5. The number of nitrogens with two attached hydrogens (primary N) is 1. The molecular formula is C13H24N2O. The van der Waals surface area contributed by atoms with Gasteiger partial charge in [-0.2, -0.15) is 0 Å². The van der Waals surface area contributed by atoms with E-state index >= 15 is 0 Å². The summed E-state index contributed by atoms with van der Waals surface area (Å²) in [4.78, 5) is 12.0. The summed E-state index contributed by atoms with van der Waals surface area (Å²) in [7, 11) is 0. The second-order valence-electron chi connectivity index (χ2n) is 5.24. The first-order valence-corrected chi connectivity index (χ1v) is 6.20. The first kappa shape index (κ1) is 13.2. The van der Waals surface area contributed by atoms with Crippen molar-refractivity contribution in [3.05, 3.63) is 12.2 Å². The van der Waals surface area contributed by atoms with Gasteiger partial charge in [0.1, 0.15) is 0 Å². The molecule has 0 aromatic rings. The van der Waals surface area contributed by atoms with Crippen molar-refractivity contribution in [3.8, 4) is 0 Å². The van der Waals surface area contributed by atoms with Crippen molar-refractivity contribution < 1.29 is 4.79 Å². The lowest BCUT2D eigenvalue weighted by Crippen LogP contribution is -2.41. The Labute approximate surface area is 98.5 Å². The number of hydrogen-bond donors (Lipinski definition) is 2. The molecule has 0 spiro atoms. The maximum atomic E-state index is 12.0. The highest BCUT2D eigenvalue weighted by atomic mass is 16.1. The quantitative estimate of drug-likeness (QED) is 0.716. The highest BCUT2D eigenvalue weighted by Gasteiger charge is 2.36. The maximum absolute atomic E-state index is 12.0. The van der Waals surface area contributed by atoms with Crippen molar-refractivity contribution in [1.82, 2.24) is 5.32 Å². The largest absolute Gasteiger partial charge is 0.352 e. The smallest absolute Gasteiger partial charge is 0.223 e. The molecule has 3 N–H and O–H groups in total. The Hall–Kier alpha value is -0.830. The molecule has 0 aliphatic heterocycles. The van der Waals surface area contributed by atoms with E-state index in [0.717, 1.165) is 12.8 Å². The Balaban J connectivity index is 2.42. The Morgan fingerprint density at radius 3 is 2.81 bits per heavy atom. The minimum atomic E-state index is 0.153. The van der Waals surface area contributed by atoms with Crippen LogP contribution < -0.4 is 11.1 Å². The zero-order valence-electron chi connectivity index (χ0n) is 10.5. The minimum Gasteiger partial charge on any atom is -0.352 e. The van der Waals surface area contributed by atoms with E-state index in [1.54, 1.807) is 0 Å². The van der Waals surface area contributed by atoms with Crippen LogP contribution >= 0.6 is 0 Å². The summed E-state index contributed by atoms with van der Waals surface area (Å²) in [6.45, 7) is 5.53. The third-order valence-electron chi connectivity index (χ3n) is 3.52. The molecule has 0 radical (unpaired) electrons. The van der Waals surface area contributed by atoms with E-state index in [9.17, 15) is 4.79 Å². The second-order valence-corrected chi connectivity index (χ2v) is 5.24. The van der Waals surface area contributed by atoms with Gasteiger partial charge in [0.2, 0.25) is 5.91 Å². The van der Waals surface area contributed by atoms with Crippen LogP contribution in [-0.2, 0) is 4.79 Å². The van der Waals surface area contributed by atoms with Crippen LogP contribution in [0.2, 0.25) is 0 Å². The predicted molar refractivity (Wildman–Crippen MR) is 66.9 cm³/mol. The molecule has 1 aliphatic rings. The number of nitrogens with one attached hydrogen (secondary N) is 1. The number of rotatable bonds is 4. The van der Waals surface area contributed by atoms with Crippen LogP contribution in [0.25, 0.3) is 0 Å². The van der Waals surface area contributed by atoms with Crippen LogP contribution in [0.4, 0.5) is 0 Å². The van der Waals surface area contributed by atoms with Gasteiger partial charge in [-0.15, -0.1) is 0 Å². The van der Waals surface area contributed by atoms with E-state index < -0.39 is 0 Å². The predicted octanol–water partition coefficient (Wildman–Crippen LogP) is 1.83. The molecule has 0 saturated heterocycles. The Kier molecular flexibility index (Phi) is 5.00. The third-order valence-corrected chi connectivity index (χ3v) is 3.52. The van der Waals surface area contributed by atoms with Crippen molar-refractivity contribution in [2.75, 3.05) is 13.1 Å². The molecule has 1 atom stereocenters. The fourth-order valence-corrected chi connectivity index (χ4v) is 2.44. The summed E-state index contributed by atoms with van der Waals surface area (Å²) in [5.41, 5.74) is 5.48. The molecular weight excluding hydrogens is 200 g/mol. The Bertz CT molecular complexity index is 259. The lowest BCUT2D eigenvalue weighted by Gasteiger charge is -2.37. The van der Waals surface area contributed by atoms with Gasteiger partial charge in [-0.3, -0.25) is 4.79 Å². The Morgan fingerprint density at radius 1 is 1.44 bits per heavy atom. The van der Waals surface area contributed by atoms with Gasteiger partial charge in [0.25, 0.3) is 0 Å². The van der Waals surface area contributed by atoms with Gasteiger partial charge in [-0.05, 0) is 18.3 Å². The summed E-state index contributed by atoms with van der Waals surface area (Å²) in [6, 6.07) is 0. The summed E-state index contributed by atoms with van der Waals surface area (Å²) in [5.74, 6) is 0.374. The maximum Gasteiger partial charge on any atom is 0.223 e. The van der Waals surface area contributed by atoms with Crippen molar-refractivity contribution in [1.29, 1.82) is 0 Å². The Morgan fingerprint density at radius 2 is 2.19 bits per heavy atom. The summed E-state index contributed by atoms with van der Waals surface area (Å²) in [5, 5.41) is 2.96. The highest BCUT2D eigenvalue weighted by Crippen LogP contribution is 2.40. The van der Waals surface area contributed by atoms with Gasteiger partial charge >= 0.3 is 0 Å². The molecule has 1 fully saturated rings. The molecule has 0 bridgehead atoms.